The van der Waals surface area contributed by atoms with Crippen LogP contribution in [-0.4, -0.2) is 44.8 Å². The van der Waals surface area contributed by atoms with Crippen molar-refractivity contribution in [2.75, 3.05) is 20.8 Å². The standard InChI is InChI=1S/C29H29F2N5O/c1-34(2)18-20-6-5-7-21(14-20)22-8-10-24-27(15-22)36(29(37)17-32-24)19-28-33-25-16-23(31)9-11-26(25)35(28)13-4-3-12-30/h5-11,14-17H,3-4,12-13,18-19H2,1-2H3. The molecule has 0 amide bonds. The summed E-state index contributed by atoms with van der Waals surface area (Å²) in [5.41, 5.74) is 5.64. The molecule has 0 N–H and O–H groups in total. The van der Waals surface area contributed by atoms with Gasteiger partial charge in [-0.3, -0.25) is 13.8 Å². The van der Waals surface area contributed by atoms with Gasteiger partial charge in [-0.2, -0.15) is 0 Å². The number of rotatable bonds is 9. The molecule has 6 nitrogen and oxygen atoms in total. The second-order valence-electron chi connectivity index (χ2n) is 9.53. The summed E-state index contributed by atoms with van der Waals surface area (Å²) in [7, 11) is 4.07. The number of imidazole rings is 1. The summed E-state index contributed by atoms with van der Waals surface area (Å²) in [5, 5.41) is 0. The summed E-state index contributed by atoms with van der Waals surface area (Å²) in [5.74, 6) is 0.243. The van der Waals surface area contributed by atoms with Crippen LogP contribution >= 0.6 is 0 Å². The van der Waals surface area contributed by atoms with Crippen molar-refractivity contribution < 1.29 is 8.78 Å². The van der Waals surface area contributed by atoms with Gasteiger partial charge in [0.2, 0.25) is 0 Å². The van der Waals surface area contributed by atoms with Crippen LogP contribution in [0.25, 0.3) is 33.2 Å². The maximum Gasteiger partial charge on any atom is 0.269 e. The highest BCUT2D eigenvalue weighted by Crippen LogP contribution is 2.25. The Morgan fingerprint density at radius 3 is 2.54 bits per heavy atom. The van der Waals surface area contributed by atoms with Gasteiger partial charge in [0.15, 0.2) is 0 Å². The summed E-state index contributed by atoms with van der Waals surface area (Å²) in [6, 6.07) is 18.7. The number of hydrogen-bond acceptors (Lipinski definition) is 4. The number of nitrogens with zero attached hydrogens (tertiary/aromatic N) is 5. The van der Waals surface area contributed by atoms with Crippen molar-refractivity contribution in [3.8, 4) is 11.1 Å². The van der Waals surface area contributed by atoms with Crippen molar-refractivity contribution in [2.45, 2.75) is 32.5 Å². The van der Waals surface area contributed by atoms with Gasteiger partial charge in [0.05, 0.1) is 41.5 Å². The van der Waals surface area contributed by atoms with Crippen molar-refractivity contribution in [1.82, 2.24) is 24.0 Å². The predicted molar refractivity (Wildman–Crippen MR) is 143 cm³/mol. The molecule has 5 rings (SSSR count). The van der Waals surface area contributed by atoms with E-state index in [1.807, 2.05) is 42.9 Å². The number of halogens is 2. The van der Waals surface area contributed by atoms with Crippen molar-refractivity contribution in [2.24, 2.45) is 0 Å². The lowest BCUT2D eigenvalue weighted by Crippen LogP contribution is -2.23. The first-order valence-electron chi connectivity index (χ1n) is 12.4. The molecular formula is C29H29F2N5O. The predicted octanol–water partition coefficient (Wildman–Crippen LogP) is 5.41. The Kier molecular flexibility index (Phi) is 7.10. The first kappa shape index (κ1) is 24.8. The van der Waals surface area contributed by atoms with Crippen LogP contribution in [0.5, 0.6) is 0 Å². The molecule has 0 saturated carbocycles. The fourth-order valence-corrected chi connectivity index (χ4v) is 4.75. The molecular weight excluding hydrogens is 472 g/mol. The molecule has 2 aromatic heterocycles. The lowest BCUT2D eigenvalue weighted by molar-refractivity contribution is 0.402. The van der Waals surface area contributed by atoms with Gasteiger partial charge in [-0.25, -0.2) is 14.4 Å². The van der Waals surface area contributed by atoms with E-state index in [2.05, 4.69) is 33.1 Å². The third kappa shape index (κ3) is 5.29. The average molecular weight is 502 g/mol. The van der Waals surface area contributed by atoms with Gasteiger partial charge in [-0.15, -0.1) is 0 Å². The number of unbranched alkanes of at least 4 members (excludes halogenated alkanes) is 1. The number of benzene rings is 3. The Labute approximate surface area is 213 Å². The quantitative estimate of drug-likeness (QED) is 0.254. The van der Waals surface area contributed by atoms with Gasteiger partial charge in [0.1, 0.15) is 11.6 Å². The van der Waals surface area contributed by atoms with Gasteiger partial charge in [0, 0.05) is 19.2 Å². The first-order valence-corrected chi connectivity index (χ1v) is 12.4. The molecule has 0 aliphatic rings. The third-order valence-electron chi connectivity index (χ3n) is 6.46. The fraction of sp³-hybridized carbons (Fsp3) is 0.276. The highest BCUT2D eigenvalue weighted by molar-refractivity contribution is 5.82. The van der Waals surface area contributed by atoms with E-state index in [4.69, 9.17) is 0 Å². The minimum Gasteiger partial charge on any atom is -0.326 e. The molecule has 0 bridgehead atoms. The highest BCUT2D eigenvalue weighted by Gasteiger charge is 2.15. The highest BCUT2D eigenvalue weighted by atomic mass is 19.1. The molecule has 2 heterocycles. The zero-order valence-corrected chi connectivity index (χ0v) is 21.0. The Morgan fingerprint density at radius 2 is 1.73 bits per heavy atom. The Morgan fingerprint density at radius 1 is 0.892 bits per heavy atom. The summed E-state index contributed by atoms with van der Waals surface area (Å²) in [6.07, 6.45) is 2.36. The number of hydrogen-bond donors (Lipinski definition) is 0. The lowest BCUT2D eigenvalue weighted by Gasteiger charge is -2.14. The maximum atomic E-state index is 13.9. The normalized spacial score (nSPS) is 11.7. The molecule has 37 heavy (non-hydrogen) atoms. The Balaban J connectivity index is 1.59. The van der Waals surface area contributed by atoms with E-state index in [1.54, 1.807) is 10.6 Å². The smallest absolute Gasteiger partial charge is 0.269 e. The molecule has 0 unspecified atom stereocenters. The van der Waals surface area contributed by atoms with Crippen molar-refractivity contribution in [3.63, 3.8) is 0 Å². The minimum atomic E-state index is -0.399. The maximum absolute atomic E-state index is 13.9. The summed E-state index contributed by atoms with van der Waals surface area (Å²) in [4.78, 5) is 24.2. The molecule has 5 aromatic rings. The summed E-state index contributed by atoms with van der Waals surface area (Å²) in [6.45, 7) is 1.15. The summed E-state index contributed by atoms with van der Waals surface area (Å²) >= 11 is 0. The molecule has 0 aliphatic carbocycles. The third-order valence-corrected chi connectivity index (χ3v) is 6.46. The van der Waals surface area contributed by atoms with E-state index in [1.165, 1.54) is 23.9 Å². The van der Waals surface area contributed by atoms with Crippen molar-refractivity contribution in [3.05, 3.63) is 94.4 Å². The van der Waals surface area contributed by atoms with Gasteiger partial charge < -0.3 is 9.47 Å². The summed E-state index contributed by atoms with van der Waals surface area (Å²) < 4.78 is 30.3. The van der Waals surface area contributed by atoms with E-state index in [9.17, 15) is 13.6 Å². The fourth-order valence-electron chi connectivity index (χ4n) is 4.75. The molecule has 0 aliphatic heterocycles. The lowest BCUT2D eigenvalue weighted by atomic mass is 10.0. The minimum absolute atomic E-state index is 0.188. The van der Waals surface area contributed by atoms with Crippen LogP contribution in [0.2, 0.25) is 0 Å². The number of fused-ring (bicyclic) bond motifs is 2. The second kappa shape index (κ2) is 10.6. The Bertz CT molecular complexity index is 1620. The number of alkyl halides is 1. The molecule has 190 valence electrons. The van der Waals surface area contributed by atoms with E-state index in [-0.39, 0.29) is 17.9 Å². The largest absolute Gasteiger partial charge is 0.326 e. The van der Waals surface area contributed by atoms with E-state index in [0.717, 1.165) is 23.2 Å². The monoisotopic (exact) mass is 501 g/mol. The van der Waals surface area contributed by atoms with Crippen LogP contribution in [0.4, 0.5) is 8.78 Å². The van der Waals surface area contributed by atoms with Crippen LogP contribution in [0.1, 0.15) is 24.2 Å². The molecule has 0 spiro atoms. The van der Waals surface area contributed by atoms with Gasteiger partial charge >= 0.3 is 0 Å². The van der Waals surface area contributed by atoms with Crippen LogP contribution < -0.4 is 5.56 Å². The van der Waals surface area contributed by atoms with E-state index < -0.39 is 6.67 Å². The van der Waals surface area contributed by atoms with Gasteiger partial charge in [-0.05, 0) is 74.0 Å². The molecule has 3 aromatic carbocycles. The first-order chi connectivity index (χ1) is 17.9. The SMILES string of the molecule is CN(C)Cc1cccc(-c2ccc3ncc(=O)n(Cc4nc5cc(F)ccc5n4CCCCF)c3c2)c1. The second-order valence-corrected chi connectivity index (χ2v) is 9.53. The van der Waals surface area contributed by atoms with Crippen molar-refractivity contribution in [1.29, 1.82) is 0 Å². The molecule has 8 heteroatoms. The van der Waals surface area contributed by atoms with Crippen LogP contribution in [-0.2, 0) is 19.6 Å². The van der Waals surface area contributed by atoms with Crippen LogP contribution in [0.3, 0.4) is 0 Å². The average Bonchev–Trinajstić information content (AvgIpc) is 3.21. The van der Waals surface area contributed by atoms with Crippen LogP contribution in [0.15, 0.2) is 71.7 Å². The van der Waals surface area contributed by atoms with Gasteiger partial charge in [0.25, 0.3) is 5.56 Å². The molecule has 0 saturated heterocycles. The number of aromatic nitrogens is 4. The van der Waals surface area contributed by atoms with E-state index >= 15 is 0 Å². The zero-order valence-electron chi connectivity index (χ0n) is 21.0. The Hall–Kier alpha value is -3.91. The van der Waals surface area contributed by atoms with Gasteiger partial charge in [-0.1, -0.05) is 24.3 Å². The van der Waals surface area contributed by atoms with Crippen molar-refractivity contribution >= 4 is 22.1 Å². The zero-order chi connectivity index (χ0) is 25.9. The number of aryl methyl sites for hydroxylation is 1. The molecule has 0 atom stereocenters. The van der Waals surface area contributed by atoms with Crippen LogP contribution in [0, 0.1) is 5.82 Å². The molecule has 0 fully saturated rings. The topological polar surface area (TPSA) is 56.0 Å². The molecule has 0 radical (unpaired) electrons. The van der Waals surface area contributed by atoms with E-state index in [0.29, 0.717) is 41.8 Å².